The summed E-state index contributed by atoms with van der Waals surface area (Å²) in [5.41, 5.74) is 2.97. The second-order valence-electron chi connectivity index (χ2n) is 9.15. The second kappa shape index (κ2) is 10.2. The Labute approximate surface area is 226 Å². The predicted octanol–water partition coefficient (Wildman–Crippen LogP) is 6.41. The van der Waals surface area contributed by atoms with Crippen molar-refractivity contribution in [3.63, 3.8) is 0 Å². The van der Waals surface area contributed by atoms with Gasteiger partial charge in [-0.25, -0.2) is 9.97 Å². The van der Waals surface area contributed by atoms with Crippen LogP contribution in [0.2, 0.25) is 5.02 Å². The van der Waals surface area contributed by atoms with Crippen LogP contribution in [0.25, 0.3) is 22.2 Å². The van der Waals surface area contributed by atoms with Crippen molar-refractivity contribution in [2.45, 2.75) is 40.1 Å². The third-order valence-corrected chi connectivity index (χ3v) is 6.65. The van der Waals surface area contributed by atoms with Crippen LogP contribution in [-0.2, 0) is 19.3 Å². The summed E-state index contributed by atoms with van der Waals surface area (Å²) in [4.78, 5) is 29.3. The molecule has 0 saturated heterocycles. The molecular formula is C28H23ClF3N5O2. The molecule has 4 heterocycles. The fourth-order valence-corrected chi connectivity index (χ4v) is 4.81. The number of benzene rings is 1. The first kappa shape index (κ1) is 26.4. The van der Waals surface area contributed by atoms with Gasteiger partial charge in [0.05, 0.1) is 29.3 Å². The zero-order valence-electron chi connectivity index (χ0n) is 21.2. The van der Waals surface area contributed by atoms with Gasteiger partial charge in [-0.1, -0.05) is 23.7 Å². The minimum absolute atomic E-state index is 0.0410. The lowest BCUT2D eigenvalue weighted by Crippen LogP contribution is -2.29. The van der Waals surface area contributed by atoms with Gasteiger partial charge in [0.15, 0.2) is 0 Å². The SMILES string of the molecule is Cc1cc(Cl)c(COc2cccc3c(-c4nc[nH]c4C)cc(C)nc23)c(Cn2cccc(C(F)(F)F)c2=O)n1. The number of pyridine rings is 3. The summed E-state index contributed by atoms with van der Waals surface area (Å²) in [5.74, 6) is 0.490. The number of fused-ring (bicyclic) bond motifs is 1. The number of nitrogens with zero attached hydrogens (tertiary/aromatic N) is 4. The molecule has 11 heteroatoms. The number of ether oxygens (including phenoxy) is 1. The largest absolute Gasteiger partial charge is 0.486 e. The number of rotatable bonds is 6. The molecule has 5 rings (SSSR count). The minimum atomic E-state index is -4.77. The van der Waals surface area contributed by atoms with Gasteiger partial charge in [-0.05, 0) is 51.1 Å². The first-order valence-electron chi connectivity index (χ1n) is 12.0. The Morgan fingerprint density at radius 2 is 1.82 bits per heavy atom. The molecule has 0 bridgehead atoms. The third-order valence-electron chi connectivity index (χ3n) is 6.32. The summed E-state index contributed by atoms with van der Waals surface area (Å²) >= 11 is 6.55. The number of hydrogen-bond donors (Lipinski definition) is 1. The third kappa shape index (κ3) is 5.24. The van der Waals surface area contributed by atoms with Crippen molar-refractivity contribution in [2.24, 2.45) is 0 Å². The van der Waals surface area contributed by atoms with Crippen LogP contribution in [0.1, 0.15) is 33.9 Å². The molecule has 0 fully saturated rings. The second-order valence-corrected chi connectivity index (χ2v) is 9.56. The van der Waals surface area contributed by atoms with E-state index in [-0.39, 0.29) is 13.2 Å². The lowest BCUT2D eigenvalue weighted by Gasteiger charge is -2.16. The highest BCUT2D eigenvalue weighted by Crippen LogP contribution is 2.34. The Balaban J connectivity index is 1.52. The zero-order valence-corrected chi connectivity index (χ0v) is 22.0. The van der Waals surface area contributed by atoms with Gasteiger partial charge < -0.3 is 14.3 Å². The van der Waals surface area contributed by atoms with Gasteiger partial charge >= 0.3 is 6.18 Å². The van der Waals surface area contributed by atoms with E-state index in [0.717, 1.165) is 38.7 Å². The van der Waals surface area contributed by atoms with E-state index in [2.05, 4.69) is 15.0 Å². The molecular weight excluding hydrogens is 531 g/mol. The number of aryl methyl sites for hydroxylation is 3. The first-order chi connectivity index (χ1) is 18.5. The van der Waals surface area contributed by atoms with Gasteiger partial charge in [0.1, 0.15) is 23.4 Å². The molecule has 7 nitrogen and oxygen atoms in total. The maximum Gasteiger partial charge on any atom is 0.421 e. The predicted molar refractivity (Wildman–Crippen MR) is 142 cm³/mol. The van der Waals surface area contributed by atoms with Crippen LogP contribution in [0.5, 0.6) is 5.75 Å². The molecule has 1 N–H and O–H groups in total. The van der Waals surface area contributed by atoms with Gasteiger partial charge in [-0.2, -0.15) is 13.2 Å². The smallest absolute Gasteiger partial charge is 0.421 e. The van der Waals surface area contributed by atoms with E-state index in [0.29, 0.717) is 33.2 Å². The molecule has 200 valence electrons. The van der Waals surface area contributed by atoms with Gasteiger partial charge in [0.2, 0.25) is 0 Å². The van der Waals surface area contributed by atoms with Crippen LogP contribution < -0.4 is 10.3 Å². The minimum Gasteiger partial charge on any atom is -0.486 e. The van der Waals surface area contributed by atoms with Crippen molar-refractivity contribution in [3.8, 4) is 17.0 Å². The Morgan fingerprint density at radius 1 is 1.05 bits per heavy atom. The molecule has 39 heavy (non-hydrogen) atoms. The monoisotopic (exact) mass is 553 g/mol. The number of alkyl halides is 3. The molecule has 0 aliphatic heterocycles. The van der Waals surface area contributed by atoms with E-state index in [4.69, 9.17) is 21.3 Å². The van der Waals surface area contributed by atoms with Crippen molar-refractivity contribution in [1.29, 1.82) is 0 Å². The molecule has 0 aliphatic rings. The quantitative estimate of drug-likeness (QED) is 0.263. The Hall–Kier alpha value is -4.18. The lowest BCUT2D eigenvalue weighted by atomic mass is 10.0. The number of halogens is 4. The van der Waals surface area contributed by atoms with Crippen LogP contribution in [0.3, 0.4) is 0 Å². The number of aromatic amines is 1. The van der Waals surface area contributed by atoms with Crippen LogP contribution in [-0.4, -0.2) is 24.5 Å². The topological polar surface area (TPSA) is 85.7 Å². The summed E-state index contributed by atoms with van der Waals surface area (Å²) in [6.07, 6.45) is -1.84. The van der Waals surface area contributed by atoms with Crippen molar-refractivity contribution in [2.75, 3.05) is 0 Å². The Kier molecular flexibility index (Phi) is 6.90. The fourth-order valence-electron chi connectivity index (χ4n) is 4.49. The molecule has 1 aromatic carbocycles. The maximum absolute atomic E-state index is 13.3. The van der Waals surface area contributed by atoms with E-state index in [1.807, 2.05) is 32.0 Å². The van der Waals surface area contributed by atoms with Gasteiger partial charge in [-0.15, -0.1) is 0 Å². The first-order valence-corrected chi connectivity index (χ1v) is 12.4. The summed E-state index contributed by atoms with van der Waals surface area (Å²) in [5, 5.41) is 1.17. The molecule has 4 aromatic heterocycles. The Morgan fingerprint density at radius 3 is 2.54 bits per heavy atom. The average molecular weight is 554 g/mol. The van der Waals surface area contributed by atoms with E-state index in [1.54, 1.807) is 25.4 Å². The van der Waals surface area contributed by atoms with E-state index in [9.17, 15) is 18.0 Å². The van der Waals surface area contributed by atoms with Crippen molar-refractivity contribution in [1.82, 2.24) is 24.5 Å². The molecule has 0 aliphatic carbocycles. The summed E-state index contributed by atoms with van der Waals surface area (Å²) in [7, 11) is 0. The molecule has 0 saturated carbocycles. The molecule has 0 atom stereocenters. The zero-order chi connectivity index (χ0) is 27.9. The Bertz CT molecular complexity index is 1760. The molecule has 5 aromatic rings. The van der Waals surface area contributed by atoms with Crippen molar-refractivity contribution < 1.29 is 17.9 Å². The number of imidazole rings is 1. The van der Waals surface area contributed by atoms with E-state index in [1.165, 1.54) is 12.3 Å². The molecule has 0 unspecified atom stereocenters. The summed E-state index contributed by atoms with van der Waals surface area (Å²) < 4.78 is 47.0. The van der Waals surface area contributed by atoms with Crippen LogP contribution in [0.4, 0.5) is 13.2 Å². The van der Waals surface area contributed by atoms with Crippen LogP contribution in [0.15, 0.2) is 59.8 Å². The lowest BCUT2D eigenvalue weighted by molar-refractivity contribution is -0.138. The van der Waals surface area contributed by atoms with Gasteiger partial charge in [0.25, 0.3) is 5.56 Å². The highest BCUT2D eigenvalue weighted by molar-refractivity contribution is 6.31. The van der Waals surface area contributed by atoms with Crippen molar-refractivity contribution >= 4 is 22.5 Å². The number of para-hydroxylation sites is 1. The van der Waals surface area contributed by atoms with Gasteiger partial charge in [0, 0.05) is 39.8 Å². The number of nitrogens with one attached hydrogen (secondary N) is 1. The van der Waals surface area contributed by atoms with E-state index < -0.39 is 17.3 Å². The number of hydrogen-bond acceptors (Lipinski definition) is 5. The normalized spacial score (nSPS) is 11.8. The number of H-pyrrole nitrogens is 1. The highest BCUT2D eigenvalue weighted by atomic mass is 35.5. The standard InChI is InChI=1S/C28H23ClF3N5O2/c1-15-10-19(25-17(3)33-14-34-25)18-6-4-8-24(26(18)36-15)39-13-20-22(29)11-16(2)35-23(20)12-37-9-5-7-21(27(37)38)28(30,31)32/h4-11,14H,12-13H2,1-3H3,(H,33,34). The highest BCUT2D eigenvalue weighted by Gasteiger charge is 2.34. The van der Waals surface area contributed by atoms with Crippen molar-refractivity contribution in [3.05, 3.63) is 104 Å². The number of aromatic nitrogens is 5. The molecule has 0 radical (unpaired) electrons. The van der Waals surface area contributed by atoms with E-state index >= 15 is 0 Å². The van der Waals surface area contributed by atoms with Crippen LogP contribution >= 0.6 is 11.6 Å². The molecule has 0 spiro atoms. The van der Waals surface area contributed by atoms with Gasteiger partial charge in [-0.3, -0.25) is 9.78 Å². The van der Waals surface area contributed by atoms with Crippen LogP contribution in [0, 0.1) is 20.8 Å². The average Bonchev–Trinajstić information content (AvgIpc) is 3.29. The summed E-state index contributed by atoms with van der Waals surface area (Å²) in [6.45, 7) is 5.28. The maximum atomic E-state index is 13.3. The molecule has 0 amide bonds. The fraction of sp³-hybridized carbons (Fsp3) is 0.214. The summed E-state index contributed by atoms with van der Waals surface area (Å²) in [6, 6.07) is 11.1.